The summed E-state index contributed by atoms with van der Waals surface area (Å²) in [5.41, 5.74) is 0.276. The quantitative estimate of drug-likeness (QED) is 0.535. The molecule has 0 spiro atoms. The van der Waals surface area contributed by atoms with Gasteiger partial charge in [-0.15, -0.1) is 0 Å². The Hall–Kier alpha value is -0.890. The first kappa shape index (κ1) is 7.22. The number of hydrogen-bond donors (Lipinski definition) is 0. The maximum atomic E-state index is 10.8. The van der Waals surface area contributed by atoms with Crippen molar-refractivity contribution in [3.8, 4) is 0 Å². The molecule has 1 aliphatic carbocycles. The summed E-state index contributed by atoms with van der Waals surface area (Å²) in [7, 11) is 0. The van der Waals surface area contributed by atoms with Gasteiger partial charge in [0, 0.05) is 12.0 Å². The summed E-state index contributed by atoms with van der Waals surface area (Å²) in [6.07, 6.45) is 4.06. The lowest BCUT2D eigenvalue weighted by molar-refractivity contribution is -0.114. The van der Waals surface area contributed by atoms with Crippen molar-refractivity contribution in [2.45, 2.75) is 6.42 Å². The highest BCUT2D eigenvalue weighted by Gasteiger charge is 2.12. The maximum absolute atomic E-state index is 10.8. The highest BCUT2D eigenvalue weighted by Crippen LogP contribution is 2.17. The predicted octanol–water partition coefficient (Wildman–Crippen LogP) is 1.21. The highest BCUT2D eigenvalue weighted by atomic mass is 35.5. The topological polar surface area (TPSA) is 34.1 Å². The van der Waals surface area contributed by atoms with Crippen LogP contribution >= 0.6 is 11.6 Å². The van der Waals surface area contributed by atoms with Gasteiger partial charge in [-0.3, -0.25) is 9.59 Å². The zero-order valence-corrected chi connectivity index (χ0v) is 5.89. The molecule has 3 heteroatoms. The number of allylic oxidation sites excluding steroid dienone is 4. The van der Waals surface area contributed by atoms with Crippen LogP contribution in [-0.2, 0) is 9.59 Å². The molecule has 0 fully saturated rings. The molecule has 0 amide bonds. The molecule has 1 rings (SSSR count). The Balaban J connectivity index is 3.04. The smallest absolute Gasteiger partial charge is 0.178 e. The van der Waals surface area contributed by atoms with E-state index in [1.807, 2.05) is 0 Å². The Morgan fingerprint density at radius 3 is 2.80 bits per heavy atom. The molecule has 0 heterocycles. The minimum Gasteiger partial charge on any atom is -0.298 e. The van der Waals surface area contributed by atoms with Crippen LogP contribution in [0.25, 0.3) is 0 Å². The molecule has 0 saturated carbocycles. The third-order valence-electron chi connectivity index (χ3n) is 1.23. The number of ketones is 1. The number of aldehydes is 1. The van der Waals surface area contributed by atoms with Crippen LogP contribution in [0.3, 0.4) is 0 Å². The third-order valence-corrected chi connectivity index (χ3v) is 1.65. The maximum Gasteiger partial charge on any atom is 0.178 e. The second kappa shape index (κ2) is 2.80. The van der Waals surface area contributed by atoms with Gasteiger partial charge in [0.05, 0.1) is 5.03 Å². The average molecular weight is 157 g/mol. The summed E-state index contributed by atoms with van der Waals surface area (Å²) in [4.78, 5) is 20.9. The van der Waals surface area contributed by atoms with E-state index in [0.29, 0.717) is 12.7 Å². The Morgan fingerprint density at radius 1 is 1.60 bits per heavy atom. The first-order chi connectivity index (χ1) is 4.75. The lowest BCUT2D eigenvalue weighted by Gasteiger charge is -2.02. The van der Waals surface area contributed by atoms with Crippen molar-refractivity contribution in [2.24, 2.45) is 0 Å². The molecular formula is C7H5ClO2. The monoisotopic (exact) mass is 156 g/mol. The number of Topliss-reactive ketones (excluding diaryl/α,β-unsaturated/α-hetero) is 1. The Labute approximate surface area is 63.2 Å². The van der Waals surface area contributed by atoms with Crippen molar-refractivity contribution in [3.05, 3.63) is 22.8 Å². The molecule has 0 unspecified atom stereocenters. The van der Waals surface area contributed by atoms with Crippen molar-refractivity contribution in [1.29, 1.82) is 0 Å². The van der Waals surface area contributed by atoms with Gasteiger partial charge in [-0.1, -0.05) is 23.8 Å². The van der Waals surface area contributed by atoms with Gasteiger partial charge in [-0.25, -0.2) is 0 Å². The number of hydrogen-bond acceptors (Lipinski definition) is 2. The van der Waals surface area contributed by atoms with E-state index in [0.717, 1.165) is 0 Å². The van der Waals surface area contributed by atoms with Gasteiger partial charge in [0.15, 0.2) is 12.1 Å². The molecule has 10 heavy (non-hydrogen) atoms. The second-order valence-corrected chi connectivity index (χ2v) is 2.29. The Morgan fingerprint density at radius 2 is 2.30 bits per heavy atom. The van der Waals surface area contributed by atoms with Crippen molar-refractivity contribution < 1.29 is 9.59 Å². The first-order valence-corrected chi connectivity index (χ1v) is 3.18. The van der Waals surface area contributed by atoms with E-state index in [2.05, 4.69) is 0 Å². The molecule has 0 aromatic rings. The highest BCUT2D eigenvalue weighted by molar-refractivity contribution is 6.44. The van der Waals surface area contributed by atoms with Crippen molar-refractivity contribution in [1.82, 2.24) is 0 Å². The molecule has 2 nitrogen and oxygen atoms in total. The molecule has 0 aromatic heterocycles. The van der Waals surface area contributed by atoms with Crippen LogP contribution in [-0.4, -0.2) is 12.1 Å². The van der Waals surface area contributed by atoms with Crippen LogP contribution in [0.1, 0.15) is 6.42 Å². The van der Waals surface area contributed by atoms with Crippen LogP contribution in [0.4, 0.5) is 0 Å². The summed E-state index contributed by atoms with van der Waals surface area (Å²) in [6, 6.07) is 0. The molecule has 0 aromatic carbocycles. The fourth-order valence-corrected chi connectivity index (χ4v) is 0.892. The minimum atomic E-state index is -0.189. The van der Waals surface area contributed by atoms with Crippen molar-refractivity contribution in [3.63, 3.8) is 0 Å². The lowest BCUT2D eigenvalue weighted by Crippen LogP contribution is -2.03. The summed E-state index contributed by atoms with van der Waals surface area (Å²) in [5.74, 6) is -0.189. The van der Waals surface area contributed by atoms with E-state index in [4.69, 9.17) is 11.6 Å². The normalized spacial score (nSPS) is 17.9. The molecule has 0 atom stereocenters. The Kier molecular flexibility index (Phi) is 2.02. The summed E-state index contributed by atoms with van der Waals surface area (Å²) < 4.78 is 0. The van der Waals surface area contributed by atoms with Gasteiger partial charge in [-0.2, -0.15) is 0 Å². The van der Waals surface area contributed by atoms with Gasteiger partial charge in [0.2, 0.25) is 0 Å². The fourth-order valence-electron chi connectivity index (χ4n) is 0.708. The summed E-state index contributed by atoms with van der Waals surface area (Å²) in [6.45, 7) is 0. The first-order valence-electron chi connectivity index (χ1n) is 2.80. The van der Waals surface area contributed by atoms with E-state index in [1.54, 1.807) is 12.2 Å². The number of carbonyl (C=O) groups is 2. The Bertz CT molecular complexity index is 238. The van der Waals surface area contributed by atoms with Crippen LogP contribution in [0.15, 0.2) is 22.8 Å². The molecule has 0 saturated heterocycles. The van der Waals surface area contributed by atoms with E-state index >= 15 is 0 Å². The zero-order chi connectivity index (χ0) is 7.56. The van der Waals surface area contributed by atoms with Gasteiger partial charge in [-0.05, 0) is 0 Å². The predicted molar refractivity (Wildman–Crippen MR) is 37.7 cm³/mol. The molecule has 0 aliphatic heterocycles. The summed E-state index contributed by atoms with van der Waals surface area (Å²) >= 11 is 5.48. The number of carbonyl (C=O) groups excluding carboxylic acids is 2. The molecule has 0 N–H and O–H groups in total. The van der Waals surface area contributed by atoms with E-state index in [1.165, 1.54) is 0 Å². The van der Waals surface area contributed by atoms with E-state index < -0.39 is 0 Å². The van der Waals surface area contributed by atoms with Crippen LogP contribution in [0, 0.1) is 0 Å². The number of halogens is 1. The van der Waals surface area contributed by atoms with Gasteiger partial charge in [0.25, 0.3) is 0 Å². The van der Waals surface area contributed by atoms with E-state index in [9.17, 15) is 9.59 Å². The second-order valence-electron chi connectivity index (χ2n) is 1.92. The van der Waals surface area contributed by atoms with Crippen LogP contribution in [0.5, 0.6) is 0 Å². The average Bonchev–Trinajstić information content (AvgIpc) is 1.95. The fraction of sp³-hybridized carbons (Fsp3) is 0.143. The molecule has 1 aliphatic rings. The van der Waals surface area contributed by atoms with Gasteiger partial charge in [0.1, 0.15) is 0 Å². The molecule has 52 valence electrons. The van der Waals surface area contributed by atoms with Gasteiger partial charge >= 0.3 is 0 Å². The SMILES string of the molecule is O=CC1=C(Cl)C(=O)CC=C1. The van der Waals surface area contributed by atoms with Gasteiger partial charge < -0.3 is 0 Å². The molecule has 0 radical (unpaired) electrons. The minimum absolute atomic E-state index is 0.0532. The van der Waals surface area contributed by atoms with Crippen molar-refractivity contribution in [2.75, 3.05) is 0 Å². The lowest BCUT2D eigenvalue weighted by atomic mass is 10.1. The third kappa shape index (κ3) is 1.16. The number of rotatable bonds is 1. The largest absolute Gasteiger partial charge is 0.298 e. The summed E-state index contributed by atoms with van der Waals surface area (Å²) in [5, 5.41) is 0.0532. The van der Waals surface area contributed by atoms with E-state index in [-0.39, 0.29) is 16.4 Å². The van der Waals surface area contributed by atoms with Crippen LogP contribution < -0.4 is 0 Å². The standard InChI is InChI=1S/C7H5ClO2/c8-7-5(4-9)2-1-3-6(7)10/h1-2,4H,3H2. The zero-order valence-electron chi connectivity index (χ0n) is 5.13. The molecular weight excluding hydrogens is 152 g/mol. The van der Waals surface area contributed by atoms with Crippen LogP contribution in [0.2, 0.25) is 0 Å². The van der Waals surface area contributed by atoms with Crippen molar-refractivity contribution >= 4 is 23.7 Å². The molecule has 0 bridgehead atoms.